The molecule has 0 aromatic carbocycles. The van der Waals surface area contributed by atoms with Crippen molar-refractivity contribution < 1.29 is 4.79 Å². The highest BCUT2D eigenvalue weighted by Crippen LogP contribution is 2.04. The van der Waals surface area contributed by atoms with Crippen molar-refractivity contribution in [2.45, 2.75) is 13.8 Å². The van der Waals surface area contributed by atoms with E-state index in [1.807, 2.05) is 62.6 Å². The van der Waals surface area contributed by atoms with Gasteiger partial charge in [0.1, 0.15) is 6.29 Å². The SMILES string of the molecule is CC(/C=C/C=C(C)/C=C/c1cccnc1)=C\C=O. The van der Waals surface area contributed by atoms with Gasteiger partial charge in [0, 0.05) is 12.4 Å². The van der Waals surface area contributed by atoms with Crippen LogP contribution in [0.5, 0.6) is 0 Å². The van der Waals surface area contributed by atoms with Gasteiger partial charge in [-0.05, 0) is 37.1 Å². The van der Waals surface area contributed by atoms with Gasteiger partial charge in [-0.25, -0.2) is 0 Å². The number of hydrogen-bond donors (Lipinski definition) is 0. The third kappa shape index (κ3) is 5.75. The Morgan fingerprint density at radius 1 is 1.17 bits per heavy atom. The molecule has 0 bridgehead atoms. The summed E-state index contributed by atoms with van der Waals surface area (Å²) in [6.45, 7) is 3.91. The third-order valence-electron chi connectivity index (χ3n) is 2.27. The predicted octanol–water partition coefficient (Wildman–Crippen LogP) is 3.74. The molecule has 0 radical (unpaired) electrons. The highest BCUT2D eigenvalue weighted by Gasteiger charge is 1.84. The minimum absolute atomic E-state index is 0.790. The van der Waals surface area contributed by atoms with Crippen LogP contribution in [0.3, 0.4) is 0 Å². The minimum atomic E-state index is 0.790. The Kier molecular flexibility index (Phi) is 6.12. The lowest BCUT2D eigenvalue weighted by Gasteiger charge is -1.92. The first-order valence-electron chi connectivity index (χ1n) is 5.77. The Bertz CT molecular complexity index is 493. The maximum absolute atomic E-state index is 10.2. The summed E-state index contributed by atoms with van der Waals surface area (Å²) in [6, 6.07) is 3.91. The van der Waals surface area contributed by atoms with Crippen LogP contribution in [0.15, 0.2) is 66.1 Å². The molecule has 1 heterocycles. The third-order valence-corrected chi connectivity index (χ3v) is 2.27. The molecular weight excluding hydrogens is 222 g/mol. The average Bonchev–Trinajstić information content (AvgIpc) is 2.38. The summed E-state index contributed by atoms with van der Waals surface area (Å²) in [6.07, 6.45) is 15.8. The van der Waals surface area contributed by atoms with Crippen LogP contribution >= 0.6 is 0 Å². The van der Waals surface area contributed by atoms with Crippen molar-refractivity contribution in [3.8, 4) is 0 Å². The van der Waals surface area contributed by atoms with E-state index < -0.39 is 0 Å². The van der Waals surface area contributed by atoms with Crippen LogP contribution in [0.1, 0.15) is 19.4 Å². The number of hydrogen-bond acceptors (Lipinski definition) is 2. The van der Waals surface area contributed by atoms with Gasteiger partial charge in [0.2, 0.25) is 0 Å². The molecule has 0 aliphatic heterocycles. The molecule has 0 saturated carbocycles. The largest absolute Gasteiger partial charge is 0.299 e. The van der Waals surface area contributed by atoms with Crippen molar-refractivity contribution in [3.05, 3.63) is 71.6 Å². The maximum atomic E-state index is 10.2. The lowest BCUT2D eigenvalue weighted by Crippen LogP contribution is -1.74. The monoisotopic (exact) mass is 239 g/mol. The van der Waals surface area contributed by atoms with Crippen LogP contribution in [0, 0.1) is 0 Å². The molecule has 1 aromatic heterocycles. The summed E-state index contributed by atoms with van der Waals surface area (Å²) in [5.41, 5.74) is 3.14. The van der Waals surface area contributed by atoms with Crippen LogP contribution in [-0.4, -0.2) is 11.3 Å². The van der Waals surface area contributed by atoms with E-state index >= 15 is 0 Å². The highest BCUT2D eigenvalue weighted by molar-refractivity contribution is 5.67. The fourth-order valence-corrected chi connectivity index (χ4v) is 1.27. The van der Waals surface area contributed by atoms with Crippen LogP contribution in [0.25, 0.3) is 6.08 Å². The van der Waals surface area contributed by atoms with Gasteiger partial charge >= 0.3 is 0 Å². The van der Waals surface area contributed by atoms with E-state index in [9.17, 15) is 4.79 Å². The van der Waals surface area contributed by atoms with Crippen molar-refractivity contribution in [1.82, 2.24) is 4.98 Å². The fraction of sp³-hybridized carbons (Fsp3) is 0.125. The van der Waals surface area contributed by atoms with E-state index in [0.29, 0.717) is 0 Å². The van der Waals surface area contributed by atoms with Crippen LogP contribution in [0.2, 0.25) is 0 Å². The van der Waals surface area contributed by atoms with Crippen molar-refractivity contribution in [2.24, 2.45) is 0 Å². The molecule has 0 aliphatic carbocycles. The molecule has 0 amide bonds. The summed E-state index contributed by atoms with van der Waals surface area (Å²) < 4.78 is 0. The Hall–Kier alpha value is -2.22. The summed E-state index contributed by atoms with van der Waals surface area (Å²) in [5.74, 6) is 0. The summed E-state index contributed by atoms with van der Waals surface area (Å²) >= 11 is 0. The number of rotatable bonds is 5. The molecular formula is C16H17NO. The van der Waals surface area contributed by atoms with Gasteiger partial charge in [-0.1, -0.05) is 42.0 Å². The molecule has 92 valence electrons. The van der Waals surface area contributed by atoms with Gasteiger partial charge in [-0.2, -0.15) is 0 Å². The molecule has 2 heteroatoms. The fourth-order valence-electron chi connectivity index (χ4n) is 1.27. The lowest BCUT2D eigenvalue weighted by molar-refractivity contribution is -0.104. The highest BCUT2D eigenvalue weighted by atomic mass is 16.1. The number of aldehydes is 1. The lowest BCUT2D eigenvalue weighted by atomic mass is 10.2. The number of pyridine rings is 1. The van der Waals surface area contributed by atoms with Crippen LogP contribution in [-0.2, 0) is 4.79 Å². The van der Waals surface area contributed by atoms with Gasteiger partial charge in [0.15, 0.2) is 0 Å². The molecule has 18 heavy (non-hydrogen) atoms. The molecule has 0 spiro atoms. The number of carbonyl (C=O) groups is 1. The summed E-state index contributed by atoms with van der Waals surface area (Å²) in [4.78, 5) is 14.3. The zero-order chi connectivity index (χ0) is 13.2. The maximum Gasteiger partial charge on any atom is 0.143 e. The molecule has 0 atom stereocenters. The van der Waals surface area contributed by atoms with Gasteiger partial charge in [0.25, 0.3) is 0 Å². The number of nitrogens with zero attached hydrogens (tertiary/aromatic N) is 1. The molecule has 0 aliphatic rings. The van der Waals surface area contributed by atoms with Crippen LogP contribution < -0.4 is 0 Å². The summed E-state index contributed by atoms with van der Waals surface area (Å²) in [7, 11) is 0. The molecule has 2 nitrogen and oxygen atoms in total. The van der Waals surface area contributed by atoms with E-state index in [-0.39, 0.29) is 0 Å². The van der Waals surface area contributed by atoms with Gasteiger partial charge < -0.3 is 0 Å². The van der Waals surface area contributed by atoms with Crippen molar-refractivity contribution in [3.63, 3.8) is 0 Å². The van der Waals surface area contributed by atoms with E-state index in [2.05, 4.69) is 4.98 Å². The Morgan fingerprint density at radius 3 is 2.61 bits per heavy atom. The standard InChI is InChI=1S/C16H17NO/c1-14(5-3-6-15(2)10-12-18)8-9-16-7-4-11-17-13-16/h3-13H,1-2H3/b6-3+,9-8+,14-5+,15-10+. The number of carbonyl (C=O) groups excluding carboxylic acids is 1. The first-order valence-corrected chi connectivity index (χ1v) is 5.77. The van der Waals surface area contributed by atoms with E-state index in [0.717, 1.165) is 23.0 Å². The normalized spacial score (nSPS) is 13.4. The van der Waals surface area contributed by atoms with Gasteiger partial charge in [-0.3, -0.25) is 9.78 Å². The van der Waals surface area contributed by atoms with Gasteiger partial charge in [0.05, 0.1) is 0 Å². The number of allylic oxidation sites excluding steroid dienone is 7. The Labute approximate surface area is 108 Å². The predicted molar refractivity (Wildman–Crippen MR) is 76.0 cm³/mol. The van der Waals surface area contributed by atoms with Crippen molar-refractivity contribution in [1.29, 1.82) is 0 Å². The first kappa shape index (κ1) is 13.8. The second-order valence-corrected chi connectivity index (χ2v) is 3.94. The Morgan fingerprint density at radius 2 is 1.94 bits per heavy atom. The summed E-state index contributed by atoms with van der Waals surface area (Å²) in [5, 5.41) is 0. The van der Waals surface area contributed by atoms with Crippen LogP contribution in [0.4, 0.5) is 0 Å². The molecule has 0 unspecified atom stereocenters. The van der Waals surface area contributed by atoms with E-state index in [1.54, 1.807) is 6.20 Å². The van der Waals surface area contributed by atoms with Gasteiger partial charge in [-0.15, -0.1) is 0 Å². The molecule has 1 rings (SSSR count). The zero-order valence-corrected chi connectivity index (χ0v) is 10.7. The zero-order valence-electron chi connectivity index (χ0n) is 10.7. The minimum Gasteiger partial charge on any atom is -0.299 e. The average molecular weight is 239 g/mol. The molecule has 0 fully saturated rings. The Balaban J connectivity index is 2.60. The number of aromatic nitrogens is 1. The second kappa shape index (κ2) is 7.96. The quantitative estimate of drug-likeness (QED) is 0.445. The van der Waals surface area contributed by atoms with Crippen molar-refractivity contribution in [2.75, 3.05) is 0 Å². The molecule has 1 aromatic rings. The topological polar surface area (TPSA) is 30.0 Å². The second-order valence-electron chi connectivity index (χ2n) is 3.94. The van der Waals surface area contributed by atoms with E-state index in [1.165, 1.54) is 6.08 Å². The smallest absolute Gasteiger partial charge is 0.143 e. The molecule has 0 saturated heterocycles. The molecule has 0 N–H and O–H groups in total. The van der Waals surface area contributed by atoms with Crippen molar-refractivity contribution >= 4 is 12.4 Å². The van der Waals surface area contributed by atoms with E-state index in [4.69, 9.17) is 0 Å². The first-order chi connectivity index (χ1) is 8.72.